The number of hydrogen-bond donors (Lipinski definition) is 1. The molecule has 1 N–H and O–H groups in total. The fourth-order valence-corrected chi connectivity index (χ4v) is 4.06. The van der Waals surface area contributed by atoms with Gasteiger partial charge in [0.15, 0.2) is 11.3 Å². The van der Waals surface area contributed by atoms with Gasteiger partial charge in [-0.05, 0) is 48.7 Å². The Kier molecular flexibility index (Phi) is 7.74. The average molecular weight is 463 g/mol. The highest BCUT2D eigenvalue weighted by molar-refractivity contribution is 7.14. The number of nitriles is 1. The van der Waals surface area contributed by atoms with Gasteiger partial charge in [-0.25, -0.2) is 4.98 Å². The number of rotatable bonds is 8. The SMILES string of the molecule is CC(C)C[C@H](NC(=O)c1ccc(N(C)c2nc(-c3ccncc3)cs2)cc1)C(=O)N(C)C#N. The largest absolute Gasteiger partial charge is 0.340 e. The lowest BCUT2D eigenvalue weighted by Crippen LogP contribution is -2.46. The van der Waals surface area contributed by atoms with Crippen molar-refractivity contribution in [2.24, 2.45) is 5.92 Å². The van der Waals surface area contributed by atoms with Gasteiger partial charge >= 0.3 is 0 Å². The smallest absolute Gasteiger partial charge is 0.257 e. The Bertz CT molecular complexity index is 1140. The highest BCUT2D eigenvalue weighted by atomic mass is 32.1. The van der Waals surface area contributed by atoms with Crippen LogP contribution >= 0.6 is 11.3 Å². The van der Waals surface area contributed by atoms with Gasteiger partial charge in [-0.2, -0.15) is 5.26 Å². The molecule has 0 aliphatic heterocycles. The molecule has 8 nitrogen and oxygen atoms in total. The number of thiazole rings is 1. The minimum absolute atomic E-state index is 0.178. The third kappa shape index (κ3) is 5.93. The van der Waals surface area contributed by atoms with Crippen molar-refractivity contribution in [1.29, 1.82) is 5.26 Å². The van der Waals surface area contributed by atoms with Crippen molar-refractivity contribution in [3.63, 3.8) is 0 Å². The normalized spacial score (nSPS) is 11.5. The Balaban J connectivity index is 1.71. The molecular weight excluding hydrogens is 436 g/mol. The van der Waals surface area contributed by atoms with Gasteiger partial charge in [0.2, 0.25) is 0 Å². The van der Waals surface area contributed by atoms with Gasteiger partial charge < -0.3 is 10.2 Å². The van der Waals surface area contributed by atoms with E-state index in [1.807, 2.05) is 55.4 Å². The predicted molar refractivity (Wildman–Crippen MR) is 129 cm³/mol. The third-order valence-electron chi connectivity index (χ3n) is 5.06. The van der Waals surface area contributed by atoms with E-state index in [1.165, 1.54) is 18.4 Å². The fraction of sp³-hybridized carbons (Fsp3) is 0.292. The molecule has 0 aliphatic carbocycles. The molecule has 3 rings (SSSR count). The van der Waals surface area contributed by atoms with Gasteiger partial charge in [0.05, 0.1) is 5.69 Å². The maximum Gasteiger partial charge on any atom is 0.257 e. The molecule has 33 heavy (non-hydrogen) atoms. The molecule has 3 aromatic rings. The van der Waals surface area contributed by atoms with Crippen molar-refractivity contribution in [2.45, 2.75) is 26.3 Å². The Morgan fingerprint density at radius 2 is 1.79 bits per heavy atom. The minimum atomic E-state index is -0.758. The van der Waals surface area contributed by atoms with Gasteiger partial charge in [-0.1, -0.05) is 13.8 Å². The second-order valence-corrected chi connectivity index (χ2v) is 8.85. The molecule has 1 atom stereocenters. The topological polar surface area (TPSA) is 102 Å². The summed E-state index contributed by atoms with van der Waals surface area (Å²) in [5, 5.41) is 14.6. The molecule has 0 unspecified atom stereocenters. The van der Waals surface area contributed by atoms with Crippen molar-refractivity contribution < 1.29 is 9.59 Å². The lowest BCUT2D eigenvalue weighted by molar-refractivity contribution is -0.129. The first kappa shape index (κ1) is 23.9. The highest BCUT2D eigenvalue weighted by Crippen LogP contribution is 2.30. The van der Waals surface area contributed by atoms with E-state index in [-0.39, 0.29) is 11.8 Å². The van der Waals surface area contributed by atoms with E-state index in [9.17, 15) is 9.59 Å². The molecule has 0 spiro atoms. The molecule has 0 bridgehead atoms. The van der Waals surface area contributed by atoms with E-state index in [1.54, 1.807) is 30.7 Å². The molecule has 170 valence electrons. The van der Waals surface area contributed by atoms with Gasteiger partial charge in [-0.15, -0.1) is 11.3 Å². The number of benzene rings is 1. The summed E-state index contributed by atoms with van der Waals surface area (Å²) in [6.45, 7) is 3.92. The first-order valence-corrected chi connectivity index (χ1v) is 11.4. The van der Waals surface area contributed by atoms with Crippen LogP contribution in [-0.4, -0.2) is 46.8 Å². The lowest BCUT2D eigenvalue weighted by atomic mass is 10.0. The number of likely N-dealkylation sites (N-methyl/N-ethyl adjacent to an activating group) is 1. The number of anilines is 2. The molecule has 0 radical (unpaired) electrons. The predicted octanol–water partition coefficient (Wildman–Crippen LogP) is 4.06. The van der Waals surface area contributed by atoms with Crippen LogP contribution in [0.1, 0.15) is 30.6 Å². The van der Waals surface area contributed by atoms with Crippen LogP contribution in [0.3, 0.4) is 0 Å². The van der Waals surface area contributed by atoms with Crippen LogP contribution in [-0.2, 0) is 4.79 Å². The fourth-order valence-electron chi connectivity index (χ4n) is 3.24. The Labute approximate surface area is 197 Å². The zero-order valence-electron chi connectivity index (χ0n) is 19.0. The second kappa shape index (κ2) is 10.7. The molecule has 1 aromatic carbocycles. The van der Waals surface area contributed by atoms with Crippen LogP contribution in [0.2, 0.25) is 0 Å². The molecule has 0 saturated heterocycles. The molecule has 0 saturated carbocycles. The molecule has 9 heteroatoms. The van der Waals surface area contributed by atoms with Crippen LogP contribution in [0.4, 0.5) is 10.8 Å². The molecule has 0 fully saturated rings. The quantitative estimate of drug-likeness (QED) is 0.400. The van der Waals surface area contributed by atoms with Crippen LogP contribution < -0.4 is 10.2 Å². The number of amides is 2. The number of nitrogens with zero attached hydrogens (tertiary/aromatic N) is 5. The van der Waals surface area contributed by atoms with Crippen molar-refractivity contribution in [1.82, 2.24) is 20.2 Å². The van der Waals surface area contributed by atoms with Crippen molar-refractivity contribution in [2.75, 3.05) is 19.0 Å². The number of carbonyl (C=O) groups excluding carboxylic acids is 2. The van der Waals surface area contributed by atoms with Crippen LogP contribution in [0, 0.1) is 17.4 Å². The number of hydrogen-bond acceptors (Lipinski definition) is 7. The molecule has 0 aliphatic rings. The number of pyridine rings is 1. The number of aromatic nitrogens is 2. The van der Waals surface area contributed by atoms with Crippen LogP contribution in [0.15, 0.2) is 54.2 Å². The molecule has 2 amide bonds. The summed E-state index contributed by atoms with van der Waals surface area (Å²) in [7, 11) is 3.31. The Hall–Kier alpha value is -3.77. The Morgan fingerprint density at radius 3 is 2.39 bits per heavy atom. The number of nitrogens with one attached hydrogen (secondary N) is 1. The molecule has 2 heterocycles. The van der Waals surface area contributed by atoms with E-state index in [2.05, 4.69) is 10.3 Å². The van der Waals surface area contributed by atoms with Gasteiger partial charge in [0, 0.05) is 48.7 Å². The monoisotopic (exact) mass is 462 g/mol. The van der Waals surface area contributed by atoms with E-state index in [0.717, 1.165) is 27.0 Å². The first-order chi connectivity index (χ1) is 15.8. The minimum Gasteiger partial charge on any atom is -0.340 e. The summed E-state index contributed by atoms with van der Waals surface area (Å²) >= 11 is 1.53. The maximum atomic E-state index is 12.8. The van der Waals surface area contributed by atoms with Crippen molar-refractivity contribution in [3.8, 4) is 17.5 Å². The third-order valence-corrected chi connectivity index (χ3v) is 5.98. The van der Waals surface area contributed by atoms with E-state index in [0.29, 0.717) is 12.0 Å². The standard InChI is InChI=1S/C24H26N6O2S/c1-16(2)13-20(23(32)29(3)15-25)27-22(31)18-5-7-19(8-6-18)30(4)24-28-21(14-33-24)17-9-11-26-12-10-17/h5-12,14,16,20H,13H2,1-4H3,(H,27,31)/t20-/m0/s1. The van der Waals surface area contributed by atoms with Gasteiger partial charge in [-0.3, -0.25) is 19.5 Å². The summed E-state index contributed by atoms with van der Waals surface area (Å²) in [6, 6.07) is 10.2. The van der Waals surface area contributed by atoms with Gasteiger partial charge in [0.25, 0.3) is 11.8 Å². The number of carbonyl (C=O) groups is 2. The van der Waals surface area contributed by atoms with Crippen LogP contribution in [0.25, 0.3) is 11.3 Å². The molecule has 2 aromatic heterocycles. The first-order valence-electron chi connectivity index (χ1n) is 10.5. The second-order valence-electron chi connectivity index (χ2n) is 8.01. The Morgan fingerprint density at radius 1 is 1.12 bits per heavy atom. The zero-order chi connectivity index (χ0) is 24.0. The highest BCUT2D eigenvalue weighted by Gasteiger charge is 2.25. The van der Waals surface area contributed by atoms with Crippen molar-refractivity contribution >= 4 is 34.0 Å². The zero-order valence-corrected chi connectivity index (χ0v) is 19.8. The van der Waals surface area contributed by atoms with E-state index >= 15 is 0 Å². The maximum absolute atomic E-state index is 12.8. The summed E-state index contributed by atoms with van der Waals surface area (Å²) in [4.78, 5) is 36.8. The summed E-state index contributed by atoms with van der Waals surface area (Å²) in [6.07, 6.45) is 5.71. The average Bonchev–Trinajstić information content (AvgIpc) is 3.33. The lowest BCUT2D eigenvalue weighted by Gasteiger charge is -2.22. The van der Waals surface area contributed by atoms with Crippen LogP contribution in [0.5, 0.6) is 0 Å². The van der Waals surface area contributed by atoms with E-state index in [4.69, 9.17) is 10.2 Å². The summed E-state index contributed by atoms with van der Waals surface area (Å²) in [5.41, 5.74) is 3.19. The van der Waals surface area contributed by atoms with E-state index < -0.39 is 11.9 Å². The summed E-state index contributed by atoms with van der Waals surface area (Å²) < 4.78 is 0. The van der Waals surface area contributed by atoms with Gasteiger partial charge in [0.1, 0.15) is 6.04 Å². The van der Waals surface area contributed by atoms with Crippen molar-refractivity contribution in [3.05, 3.63) is 59.7 Å². The molecular formula is C24H26N6O2S. The summed E-state index contributed by atoms with van der Waals surface area (Å²) in [5.74, 6) is -0.605.